The maximum absolute atomic E-state index is 9.34. The Morgan fingerprint density at radius 2 is 2.00 bits per heavy atom. The third kappa shape index (κ3) is 2.82. The predicted molar refractivity (Wildman–Crippen MR) is 73.4 cm³/mol. The fraction of sp³-hybridized carbons (Fsp3) is 0.571. The number of hydrogen-bond donors (Lipinski definition) is 2. The normalized spacial score (nSPS) is 15.6. The first-order valence-electron chi connectivity index (χ1n) is 6.03. The molecular weight excluding hydrogens is 234 g/mol. The van der Waals surface area contributed by atoms with E-state index >= 15 is 0 Å². The minimum Gasteiger partial charge on any atom is -0.396 e. The van der Waals surface area contributed by atoms with Gasteiger partial charge in [0.1, 0.15) is 0 Å². The lowest BCUT2D eigenvalue weighted by atomic mass is 9.63. The van der Waals surface area contributed by atoms with Gasteiger partial charge < -0.3 is 10.8 Å². The number of halogens is 1. The molecule has 0 bridgehead atoms. The highest BCUT2D eigenvalue weighted by Gasteiger charge is 2.41. The highest BCUT2D eigenvalue weighted by atomic mass is 35.5. The topological polar surface area (TPSA) is 46.2 Å². The van der Waals surface area contributed by atoms with Gasteiger partial charge in [0.15, 0.2) is 0 Å². The van der Waals surface area contributed by atoms with E-state index in [0.29, 0.717) is 11.4 Å². The van der Waals surface area contributed by atoms with Crippen LogP contribution in [0.4, 0.5) is 0 Å². The van der Waals surface area contributed by atoms with E-state index in [4.69, 9.17) is 17.3 Å². The van der Waals surface area contributed by atoms with Crippen LogP contribution in [0.3, 0.4) is 0 Å². The molecule has 0 heterocycles. The Labute approximate surface area is 109 Å². The minimum atomic E-state index is -0.408. The van der Waals surface area contributed by atoms with Gasteiger partial charge in [0, 0.05) is 22.6 Å². The van der Waals surface area contributed by atoms with Crippen LogP contribution in [0.15, 0.2) is 24.3 Å². The Hall–Kier alpha value is -0.570. The summed E-state index contributed by atoms with van der Waals surface area (Å²) in [6.07, 6.45) is 1.52. The van der Waals surface area contributed by atoms with Crippen LogP contribution in [0.1, 0.15) is 39.2 Å². The number of benzene rings is 1. The first-order chi connectivity index (χ1) is 7.87. The van der Waals surface area contributed by atoms with E-state index in [1.165, 1.54) is 0 Å². The molecule has 1 atom stereocenters. The second-order valence-corrected chi connectivity index (χ2v) is 5.58. The third-order valence-corrected chi connectivity index (χ3v) is 3.99. The summed E-state index contributed by atoms with van der Waals surface area (Å²) in [5.41, 5.74) is 6.79. The second kappa shape index (κ2) is 5.38. The summed E-state index contributed by atoms with van der Waals surface area (Å²) in [7, 11) is 0. The molecule has 0 fully saturated rings. The van der Waals surface area contributed by atoms with Gasteiger partial charge >= 0.3 is 0 Å². The van der Waals surface area contributed by atoms with Crippen LogP contribution in [0, 0.1) is 0 Å². The van der Waals surface area contributed by atoms with Gasteiger partial charge in [-0.05, 0) is 44.4 Å². The smallest absolute Gasteiger partial charge is 0.0440 e. The number of hydrogen-bond acceptors (Lipinski definition) is 2. The predicted octanol–water partition coefficient (Wildman–Crippen LogP) is 3.11. The van der Waals surface area contributed by atoms with Gasteiger partial charge in [-0.15, -0.1) is 0 Å². The van der Waals surface area contributed by atoms with Crippen LogP contribution in [-0.4, -0.2) is 17.3 Å². The molecule has 3 N–H and O–H groups in total. The highest BCUT2D eigenvalue weighted by Crippen LogP contribution is 2.40. The van der Waals surface area contributed by atoms with Crippen molar-refractivity contribution in [1.82, 2.24) is 0 Å². The fourth-order valence-corrected chi connectivity index (χ4v) is 2.84. The van der Waals surface area contributed by atoms with Crippen molar-refractivity contribution in [3.63, 3.8) is 0 Å². The first-order valence-corrected chi connectivity index (χ1v) is 6.41. The van der Waals surface area contributed by atoms with Crippen LogP contribution in [-0.2, 0) is 5.41 Å². The summed E-state index contributed by atoms with van der Waals surface area (Å²) in [5, 5.41) is 10.0. The molecule has 0 saturated heterocycles. The van der Waals surface area contributed by atoms with E-state index in [9.17, 15) is 5.11 Å². The fourth-order valence-electron chi connectivity index (χ4n) is 2.65. The van der Waals surface area contributed by atoms with Crippen LogP contribution < -0.4 is 5.73 Å². The number of aliphatic hydroxyl groups is 1. The zero-order valence-electron chi connectivity index (χ0n) is 10.8. The summed E-state index contributed by atoms with van der Waals surface area (Å²) in [5.74, 6) is 0. The quantitative estimate of drug-likeness (QED) is 0.849. The van der Waals surface area contributed by atoms with Crippen molar-refractivity contribution >= 4 is 11.6 Å². The van der Waals surface area contributed by atoms with E-state index in [0.717, 1.165) is 12.0 Å². The average molecular weight is 256 g/mol. The summed E-state index contributed by atoms with van der Waals surface area (Å²) in [4.78, 5) is 0. The molecule has 1 rings (SSSR count). The lowest BCUT2D eigenvalue weighted by Crippen LogP contribution is -2.54. The maximum Gasteiger partial charge on any atom is 0.0440 e. The standard InChI is InChI=1S/C14H22ClNO/c1-4-14(8-9-17,13(2,3)16)11-6-5-7-12(15)10-11/h5-7,10,17H,4,8-9,16H2,1-3H3. The molecule has 1 unspecified atom stereocenters. The third-order valence-electron chi connectivity index (χ3n) is 3.75. The lowest BCUT2D eigenvalue weighted by Gasteiger charge is -2.44. The Morgan fingerprint density at radius 3 is 2.41 bits per heavy atom. The molecule has 3 heteroatoms. The van der Waals surface area contributed by atoms with Crippen LogP contribution in [0.2, 0.25) is 5.02 Å². The molecule has 0 aliphatic rings. The molecule has 1 aromatic carbocycles. The van der Waals surface area contributed by atoms with Crippen LogP contribution in [0.5, 0.6) is 0 Å². The molecular formula is C14H22ClNO. The first kappa shape index (κ1) is 14.5. The zero-order valence-corrected chi connectivity index (χ0v) is 11.6. The van der Waals surface area contributed by atoms with Crippen molar-refractivity contribution in [2.24, 2.45) is 5.73 Å². The monoisotopic (exact) mass is 255 g/mol. The average Bonchev–Trinajstić information content (AvgIpc) is 2.24. The van der Waals surface area contributed by atoms with Gasteiger partial charge in [-0.1, -0.05) is 30.7 Å². The molecule has 0 saturated carbocycles. The minimum absolute atomic E-state index is 0.126. The molecule has 0 spiro atoms. The Bertz CT molecular complexity index is 373. The summed E-state index contributed by atoms with van der Waals surface area (Å²) in [6.45, 7) is 6.24. The summed E-state index contributed by atoms with van der Waals surface area (Å²) >= 11 is 6.05. The summed E-state index contributed by atoms with van der Waals surface area (Å²) in [6, 6.07) is 7.79. The van der Waals surface area contributed by atoms with Crippen LogP contribution >= 0.6 is 11.6 Å². The summed E-state index contributed by atoms with van der Waals surface area (Å²) < 4.78 is 0. The second-order valence-electron chi connectivity index (χ2n) is 5.14. The number of aliphatic hydroxyl groups excluding tert-OH is 1. The SMILES string of the molecule is CCC(CCO)(c1cccc(Cl)c1)C(C)(C)N. The zero-order chi connectivity index (χ0) is 13.1. The van der Waals surface area contributed by atoms with Crippen molar-refractivity contribution in [3.05, 3.63) is 34.9 Å². The van der Waals surface area contributed by atoms with Crippen molar-refractivity contribution in [2.45, 2.75) is 44.6 Å². The molecule has 2 nitrogen and oxygen atoms in total. The van der Waals surface area contributed by atoms with Gasteiger partial charge in [0.05, 0.1) is 0 Å². The van der Waals surface area contributed by atoms with Gasteiger partial charge in [0.2, 0.25) is 0 Å². The molecule has 96 valence electrons. The van der Waals surface area contributed by atoms with Gasteiger partial charge in [-0.3, -0.25) is 0 Å². The van der Waals surface area contributed by atoms with Crippen molar-refractivity contribution < 1.29 is 5.11 Å². The largest absolute Gasteiger partial charge is 0.396 e. The molecule has 17 heavy (non-hydrogen) atoms. The van der Waals surface area contributed by atoms with Crippen LogP contribution in [0.25, 0.3) is 0 Å². The van der Waals surface area contributed by atoms with Crippen molar-refractivity contribution in [2.75, 3.05) is 6.61 Å². The highest BCUT2D eigenvalue weighted by molar-refractivity contribution is 6.30. The number of nitrogens with two attached hydrogens (primary N) is 1. The van der Waals surface area contributed by atoms with E-state index in [2.05, 4.69) is 6.92 Å². The molecule has 0 aromatic heterocycles. The Morgan fingerprint density at radius 1 is 1.35 bits per heavy atom. The van der Waals surface area contributed by atoms with E-state index in [1.807, 2.05) is 38.1 Å². The molecule has 1 aromatic rings. The van der Waals surface area contributed by atoms with Gasteiger partial charge in [0.25, 0.3) is 0 Å². The maximum atomic E-state index is 9.34. The Kier molecular flexibility index (Phi) is 4.59. The number of rotatable bonds is 5. The van der Waals surface area contributed by atoms with E-state index in [-0.39, 0.29) is 12.0 Å². The van der Waals surface area contributed by atoms with E-state index in [1.54, 1.807) is 0 Å². The molecule has 0 amide bonds. The Balaban J connectivity index is 3.32. The van der Waals surface area contributed by atoms with Crippen molar-refractivity contribution in [1.29, 1.82) is 0 Å². The van der Waals surface area contributed by atoms with Gasteiger partial charge in [-0.2, -0.15) is 0 Å². The van der Waals surface area contributed by atoms with Gasteiger partial charge in [-0.25, -0.2) is 0 Å². The lowest BCUT2D eigenvalue weighted by molar-refractivity contribution is 0.170. The molecule has 0 radical (unpaired) electrons. The van der Waals surface area contributed by atoms with Crippen molar-refractivity contribution in [3.8, 4) is 0 Å². The molecule has 0 aliphatic carbocycles. The van der Waals surface area contributed by atoms with E-state index < -0.39 is 5.54 Å². The molecule has 0 aliphatic heterocycles.